The van der Waals surface area contributed by atoms with Crippen molar-refractivity contribution in [3.8, 4) is 0 Å². The number of aromatic amines is 1. The maximum atomic E-state index is 12.3. The fourth-order valence-corrected chi connectivity index (χ4v) is 4.61. The standard InChI is InChI=1S/C16H26N4OS/c21-16(15-14-13(7-9-17-15)19-11-20-14)18-8-4-10-22-12-5-2-1-3-6-12/h11-12,15,17H,1-10H2,(H,18,21)(H,19,20)/t15-/m0/s1. The molecule has 2 aliphatic rings. The van der Waals surface area contributed by atoms with Crippen LogP contribution >= 0.6 is 11.8 Å². The quantitative estimate of drug-likeness (QED) is 0.702. The Morgan fingerprint density at radius 3 is 3.09 bits per heavy atom. The zero-order valence-corrected chi connectivity index (χ0v) is 13.9. The van der Waals surface area contributed by atoms with Gasteiger partial charge >= 0.3 is 0 Å². The number of nitrogens with one attached hydrogen (secondary N) is 3. The third kappa shape index (κ3) is 4.04. The van der Waals surface area contributed by atoms with Crippen molar-refractivity contribution in [2.45, 2.75) is 56.2 Å². The van der Waals surface area contributed by atoms with Crippen LogP contribution in [0.2, 0.25) is 0 Å². The van der Waals surface area contributed by atoms with E-state index in [0.717, 1.165) is 48.3 Å². The SMILES string of the molecule is O=C(NCCCSC1CCCCC1)[C@H]1NCCc2[nH]cnc21. The molecule has 0 saturated heterocycles. The number of carbonyl (C=O) groups is 1. The van der Waals surface area contributed by atoms with Crippen molar-refractivity contribution >= 4 is 17.7 Å². The first kappa shape index (κ1) is 15.9. The Balaban J connectivity index is 1.35. The molecule has 1 saturated carbocycles. The Hall–Kier alpha value is -1.01. The number of carbonyl (C=O) groups excluding carboxylic acids is 1. The van der Waals surface area contributed by atoms with E-state index in [-0.39, 0.29) is 11.9 Å². The third-order valence-electron chi connectivity index (χ3n) is 4.54. The van der Waals surface area contributed by atoms with Gasteiger partial charge in [0.05, 0.1) is 12.0 Å². The van der Waals surface area contributed by atoms with E-state index in [1.54, 1.807) is 6.33 Å². The molecule has 1 amide bonds. The first-order valence-corrected chi connectivity index (χ1v) is 9.54. The molecule has 1 aromatic heterocycles. The highest BCUT2D eigenvalue weighted by Crippen LogP contribution is 2.28. The number of amides is 1. The summed E-state index contributed by atoms with van der Waals surface area (Å²) in [5.41, 5.74) is 1.95. The van der Waals surface area contributed by atoms with Crippen molar-refractivity contribution in [3.63, 3.8) is 0 Å². The van der Waals surface area contributed by atoms with Crippen molar-refractivity contribution in [3.05, 3.63) is 17.7 Å². The van der Waals surface area contributed by atoms with E-state index in [0.29, 0.717) is 0 Å². The predicted molar refractivity (Wildman–Crippen MR) is 90.0 cm³/mol. The summed E-state index contributed by atoms with van der Waals surface area (Å²) in [6.45, 7) is 1.58. The minimum Gasteiger partial charge on any atom is -0.354 e. The van der Waals surface area contributed by atoms with Crippen molar-refractivity contribution in [2.75, 3.05) is 18.8 Å². The van der Waals surface area contributed by atoms with Gasteiger partial charge in [-0.15, -0.1) is 0 Å². The summed E-state index contributed by atoms with van der Waals surface area (Å²) in [5.74, 6) is 1.20. The number of hydrogen-bond acceptors (Lipinski definition) is 4. The molecular formula is C16H26N4OS. The fourth-order valence-electron chi connectivity index (χ4n) is 3.30. The molecule has 0 radical (unpaired) electrons. The van der Waals surface area contributed by atoms with Crippen molar-refractivity contribution in [1.29, 1.82) is 0 Å². The van der Waals surface area contributed by atoms with Crippen molar-refractivity contribution < 1.29 is 4.79 Å². The Bertz CT molecular complexity index is 484. The molecule has 1 aliphatic heterocycles. The maximum absolute atomic E-state index is 12.3. The van der Waals surface area contributed by atoms with Crippen LogP contribution in [0.4, 0.5) is 0 Å². The average Bonchev–Trinajstić information content (AvgIpc) is 3.04. The fraction of sp³-hybridized carbons (Fsp3) is 0.750. The Morgan fingerprint density at radius 1 is 1.36 bits per heavy atom. The number of rotatable bonds is 6. The van der Waals surface area contributed by atoms with E-state index in [9.17, 15) is 4.79 Å². The maximum Gasteiger partial charge on any atom is 0.243 e. The zero-order valence-electron chi connectivity index (χ0n) is 13.1. The van der Waals surface area contributed by atoms with Crippen LogP contribution in [0.25, 0.3) is 0 Å². The van der Waals surface area contributed by atoms with E-state index >= 15 is 0 Å². The predicted octanol–water partition coefficient (Wildman–Crippen LogP) is 2.17. The van der Waals surface area contributed by atoms with Crippen molar-refractivity contribution in [1.82, 2.24) is 20.6 Å². The molecule has 6 heteroatoms. The molecule has 5 nitrogen and oxygen atoms in total. The van der Waals surface area contributed by atoms with Crippen molar-refractivity contribution in [2.24, 2.45) is 0 Å². The molecule has 122 valence electrons. The molecule has 0 unspecified atom stereocenters. The number of fused-ring (bicyclic) bond motifs is 1. The van der Waals surface area contributed by atoms with Gasteiger partial charge in [0.15, 0.2) is 0 Å². The van der Waals surface area contributed by atoms with E-state index in [1.807, 2.05) is 0 Å². The lowest BCUT2D eigenvalue weighted by Crippen LogP contribution is -2.41. The summed E-state index contributed by atoms with van der Waals surface area (Å²) in [5, 5.41) is 7.16. The lowest BCUT2D eigenvalue weighted by molar-refractivity contribution is -0.123. The summed E-state index contributed by atoms with van der Waals surface area (Å²) in [6.07, 6.45) is 10.6. The molecule has 1 atom stereocenters. The molecule has 1 aliphatic carbocycles. The van der Waals surface area contributed by atoms with Gasteiger partial charge in [0.25, 0.3) is 0 Å². The van der Waals surface area contributed by atoms with Crippen LogP contribution in [0.5, 0.6) is 0 Å². The van der Waals surface area contributed by atoms with Gasteiger partial charge < -0.3 is 15.6 Å². The largest absolute Gasteiger partial charge is 0.354 e. The summed E-state index contributed by atoms with van der Waals surface area (Å²) in [6, 6.07) is -0.291. The molecule has 1 fully saturated rings. The van der Waals surface area contributed by atoms with E-state index in [1.165, 1.54) is 32.1 Å². The summed E-state index contributed by atoms with van der Waals surface area (Å²) < 4.78 is 0. The molecule has 0 bridgehead atoms. The molecular weight excluding hydrogens is 296 g/mol. The van der Waals surface area contributed by atoms with Crippen LogP contribution in [0.15, 0.2) is 6.33 Å². The Morgan fingerprint density at radius 2 is 2.23 bits per heavy atom. The van der Waals surface area contributed by atoms with Crippen LogP contribution < -0.4 is 10.6 Å². The first-order chi connectivity index (χ1) is 10.8. The van der Waals surface area contributed by atoms with Gasteiger partial charge in [0, 0.05) is 30.5 Å². The average molecular weight is 322 g/mol. The lowest BCUT2D eigenvalue weighted by atomic mass is 10.0. The molecule has 22 heavy (non-hydrogen) atoms. The second-order valence-electron chi connectivity index (χ2n) is 6.18. The minimum atomic E-state index is -0.291. The molecule has 3 rings (SSSR count). The number of aromatic nitrogens is 2. The number of nitrogens with zero attached hydrogens (tertiary/aromatic N) is 1. The van der Waals surface area contributed by atoms with E-state index in [2.05, 4.69) is 32.4 Å². The highest BCUT2D eigenvalue weighted by Gasteiger charge is 2.27. The van der Waals surface area contributed by atoms with Gasteiger partial charge in [-0.3, -0.25) is 4.79 Å². The highest BCUT2D eigenvalue weighted by molar-refractivity contribution is 7.99. The number of imidazole rings is 1. The first-order valence-electron chi connectivity index (χ1n) is 8.49. The summed E-state index contributed by atoms with van der Waals surface area (Å²) in [4.78, 5) is 19.7. The van der Waals surface area contributed by atoms with Gasteiger partial charge in [-0.05, 0) is 25.0 Å². The smallest absolute Gasteiger partial charge is 0.243 e. The molecule has 0 spiro atoms. The van der Waals surface area contributed by atoms with Gasteiger partial charge in [-0.2, -0.15) is 11.8 Å². The molecule has 3 N–H and O–H groups in total. The van der Waals surface area contributed by atoms with Gasteiger partial charge in [-0.25, -0.2) is 4.98 Å². The second-order valence-corrected chi connectivity index (χ2v) is 7.59. The number of thioether (sulfide) groups is 1. The molecule has 0 aromatic carbocycles. The van der Waals surface area contributed by atoms with Crippen LogP contribution in [0.1, 0.15) is 56.0 Å². The van der Waals surface area contributed by atoms with Crippen LogP contribution in [-0.4, -0.2) is 40.0 Å². The number of H-pyrrole nitrogens is 1. The van der Waals surface area contributed by atoms with Gasteiger partial charge in [-0.1, -0.05) is 19.3 Å². The summed E-state index contributed by atoms with van der Waals surface area (Å²) in [7, 11) is 0. The molecule has 2 heterocycles. The topological polar surface area (TPSA) is 69.8 Å². The van der Waals surface area contributed by atoms with Crippen LogP contribution in [0, 0.1) is 0 Å². The van der Waals surface area contributed by atoms with Gasteiger partial charge in [0.1, 0.15) is 6.04 Å². The Kier molecular flexibility index (Phi) is 5.78. The second kappa shape index (κ2) is 8.02. The third-order valence-corrected chi connectivity index (χ3v) is 6.00. The lowest BCUT2D eigenvalue weighted by Gasteiger charge is -2.22. The zero-order chi connectivity index (χ0) is 15.2. The normalized spacial score (nSPS) is 22.3. The number of hydrogen-bond donors (Lipinski definition) is 3. The van der Waals surface area contributed by atoms with E-state index in [4.69, 9.17) is 0 Å². The summed E-state index contributed by atoms with van der Waals surface area (Å²) >= 11 is 2.09. The van der Waals surface area contributed by atoms with Crippen LogP contribution in [0.3, 0.4) is 0 Å². The minimum absolute atomic E-state index is 0.0516. The van der Waals surface area contributed by atoms with E-state index < -0.39 is 0 Å². The monoisotopic (exact) mass is 322 g/mol. The highest BCUT2D eigenvalue weighted by atomic mass is 32.2. The Labute approximate surface area is 136 Å². The molecule has 1 aromatic rings. The van der Waals surface area contributed by atoms with Crippen LogP contribution in [-0.2, 0) is 11.2 Å². The van der Waals surface area contributed by atoms with Gasteiger partial charge in [0.2, 0.25) is 5.91 Å².